The van der Waals surface area contributed by atoms with E-state index in [1.807, 2.05) is 0 Å². The van der Waals surface area contributed by atoms with Gasteiger partial charge in [0.15, 0.2) is 0 Å². The van der Waals surface area contributed by atoms with E-state index >= 15 is 0 Å². The molecule has 4 N–H and O–H groups in total. The van der Waals surface area contributed by atoms with Gasteiger partial charge in [-0.2, -0.15) is 0 Å². The molecule has 0 aliphatic heterocycles. The number of ketones is 4. The van der Waals surface area contributed by atoms with Crippen molar-refractivity contribution >= 4 is 23.1 Å². The molecule has 276 valence electrons. The molecular formula is C39H72O8. The highest BCUT2D eigenvalue weighted by atomic mass is 16.3. The number of rotatable bonds is 36. The summed E-state index contributed by atoms with van der Waals surface area (Å²) in [5.41, 5.74) is 0. The predicted molar refractivity (Wildman–Crippen MR) is 189 cm³/mol. The minimum absolute atomic E-state index is 0.0479. The number of Topliss-reactive ketones (excluding diaryl/α,β-unsaturated/α-hetero) is 4. The normalized spacial score (nSPS) is 14.1. The molecule has 0 aliphatic rings. The van der Waals surface area contributed by atoms with E-state index in [2.05, 4.69) is 13.8 Å². The Balaban J connectivity index is 3.68. The number of carbonyl (C=O) groups excluding carboxylic acids is 4. The third-order valence-corrected chi connectivity index (χ3v) is 9.03. The van der Waals surface area contributed by atoms with Crippen LogP contribution in [-0.4, -0.2) is 68.0 Å². The van der Waals surface area contributed by atoms with Gasteiger partial charge in [0.2, 0.25) is 0 Å². The molecule has 0 saturated carbocycles. The summed E-state index contributed by atoms with van der Waals surface area (Å²) in [6.45, 7) is 4.23. The summed E-state index contributed by atoms with van der Waals surface area (Å²) in [5, 5.41) is 40.3. The van der Waals surface area contributed by atoms with Crippen LogP contribution in [0.1, 0.15) is 200 Å². The van der Waals surface area contributed by atoms with Crippen molar-refractivity contribution in [1.82, 2.24) is 0 Å². The molecule has 47 heavy (non-hydrogen) atoms. The lowest BCUT2D eigenvalue weighted by atomic mass is 9.99. The Morgan fingerprint density at radius 3 is 0.809 bits per heavy atom. The van der Waals surface area contributed by atoms with Gasteiger partial charge in [0.05, 0.1) is 24.4 Å². The van der Waals surface area contributed by atoms with E-state index < -0.39 is 24.4 Å². The van der Waals surface area contributed by atoms with Gasteiger partial charge in [-0.1, -0.05) is 97.3 Å². The summed E-state index contributed by atoms with van der Waals surface area (Å²) in [7, 11) is 0. The molecule has 0 spiro atoms. The second-order valence-corrected chi connectivity index (χ2v) is 14.0. The standard InChI is InChI=1S/C39H72O8/c1-3-5-12-20-32(40)28-34(42)22-14-7-9-16-24-36(44)30-38(46)26-18-11-19-27-39(47)31-37(45)25-17-10-8-15-23-35(43)29-33(41)21-13-6-4-2/h32-33,36-37,40-41,44-45H,3-31H2,1-2H3. The molecule has 0 aliphatic carbocycles. The first kappa shape index (κ1) is 45.5. The smallest absolute Gasteiger partial charge is 0.135 e. The SMILES string of the molecule is CCCCCC(O)CC(=O)CCCCCCC(O)CC(=O)CCCCCC(=O)CC(O)CCCCCCC(=O)CC(O)CCCCC. The predicted octanol–water partition coefficient (Wildman–Crippen LogP) is 8.06. The van der Waals surface area contributed by atoms with Crippen molar-refractivity contribution in [2.45, 2.75) is 224 Å². The van der Waals surface area contributed by atoms with Crippen LogP contribution in [-0.2, 0) is 19.2 Å². The van der Waals surface area contributed by atoms with Crippen LogP contribution < -0.4 is 0 Å². The summed E-state index contributed by atoms with van der Waals surface area (Å²) in [5.74, 6) is 0.340. The second-order valence-electron chi connectivity index (χ2n) is 14.0. The van der Waals surface area contributed by atoms with Gasteiger partial charge in [0.1, 0.15) is 23.1 Å². The number of hydrogen-bond donors (Lipinski definition) is 4. The maximum absolute atomic E-state index is 12.2. The van der Waals surface area contributed by atoms with E-state index in [-0.39, 0.29) is 48.8 Å². The van der Waals surface area contributed by atoms with E-state index in [0.717, 1.165) is 96.3 Å². The van der Waals surface area contributed by atoms with Crippen molar-refractivity contribution < 1.29 is 39.6 Å². The fourth-order valence-electron chi connectivity index (χ4n) is 6.06. The highest BCUT2D eigenvalue weighted by Crippen LogP contribution is 2.16. The summed E-state index contributed by atoms with van der Waals surface area (Å²) in [4.78, 5) is 48.4. The fraction of sp³-hybridized carbons (Fsp3) is 0.897. The van der Waals surface area contributed by atoms with Crippen LogP contribution in [0.2, 0.25) is 0 Å². The molecule has 8 nitrogen and oxygen atoms in total. The Morgan fingerprint density at radius 1 is 0.340 bits per heavy atom. The highest BCUT2D eigenvalue weighted by molar-refractivity contribution is 5.80. The van der Waals surface area contributed by atoms with Crippen molar-refractivity contribution in [1.29, 1.82) is 0 Å². The van der Waals surface area contributed by atoms with Crippen molar-refractivity contribution in [3.8, 4) is 0 Å². The summed E-state index contributed by atoms with van der Waals surface area (Å²) >= 11 is 0. The first-order valence-corrected chi connectivity index (χ1v) is 19.4. The molecule has 0 radical (unpaired) electrons. The minimum atomic E-state index is -0.632. The van der Waals surface area contributed by atoms with Gasteiger partial charge in [0, 0.05) is 51.4 Å². The molecule has 0 heterocycles. The van der Waals surface area contributed by atoms with Crippen LogP contribution in [0.3, 0.4) is 0 Å². The van der Waals surface area contributed by atoms with Crippen LogP contribution >= 0.6 is 0 Å². The number of unbranched alkanes of at least 4 members (excludes halogenated alkanes) is 12. The highest BCUT2D eigenvalue weighted by Gasteiger charge is 2.14. The van der Waals surface area contributed by atoms with Gasteiger partial charge in [-0.25, -0.2) is 0 Å². The number of hydrogen-bond acceptors (Lipinski definition) is 8. The molecule has 0 rings (SSSR count). The first-order chi connectivity index (χ1) is 22.6. The lowest BCUT2D eigenvalue weighted by molar-refractivity contribution is -0.122. The Bertz CT molecular complexity index is 734. The van der Waals surface area contributed by atoms with E-state index in [0.29, 0.717) is 64.2 Å². The monoisotopic (exact) mass is 669 g/mol. The average Bonchev–Trinajstić information content (AvgIpc) is 3.00. The van der Waals surface area contributed by atoms with Crippen LogP contribution in [0.4, 0.5) is 0 Å². The van der Waals surface area contributed by atoms with E-state index in [4.69, 9.17) is 0 Å². The lowest BCUT2D eigenvalue weighted by Crippen LogP contribution is -2.14. The summed E-state index contributed by atoms with van der Waals surface area (Å²) in [6.07, 6.45) is 18.2. The van der Waals surface area contributed by atoms with E-state index in [1.165, 1.54) is 0 Å². The molecule has 4 unspecified atom stereocenters. The zero-order chi connectivity index (χ0) is 35.1. The number of carbonyl (C=O) groups is 4. The molecule has 0 aromatic heterocycles. The zero-order valence-electron chi connectivity index (χ0n) is 30.2. The van der Waals surface area contributed by atoms with Crippen molar-refractivity contribution in [2.75, 3.05) is 0 Å². The second kappa shape index (κ2) is 31.8. The molecule has 0 aromatic rings. The van der Waals surface area contributed by atoms with Gasteiger partial charge in [0.25, 0.3) is 0 Å². The molecule has 0 aromatic carbocycles. The maximum Gasteiger partial charge on any atom is 0.135 e. The lowest BCUT2D eigenvalue weighted by Gasteiger charge is -2.11. The minimum Gasteiger partial charge on any atom is -0.393 e. The van der Waals surface area contributed by atoms with Crippen LogP contribution in [0.15, 0.2) is 0 Å². The van der Waals surface area contributed by atoms with Crippen molar-refractivity contribution in [3.05, 3.63) is 0 Å². The number of aliphatic hydroxyl groups excluding tert-OH is 4. The quantitative estimate of drug-likeness (QED) is 0.0490. The zero-order valence-corrected chi connectivity index (χ0v) is 30.2. The summed E-state index contributed by atoms with van der Waals surface area (Å²) in [6, 6.07) is 0. The van der Waals surface area contributed by atoms with Gasteiger partial charge in [-0.05, 0) is 51.4 Å². The molecule has 0 fully saturated rings. The molecule has 8 heteroatoms. The molecule has 0 saturated heterocycles. The van der Waals surface area contributed by atoms with Crippen LogP contribution in [0.5, 0.6) is 0 Å². The third kappa shape index (κ3) is 31.5. The van der Waals surface area contributed by atoms with E-state index in [9.17, 15) is 39.6 Å². The number of aliphatic hydroxyl groups is 4. The molecule has 0 amide bonds. The first-order valence-electron chi connectivity index (χ1n) is 19.4. The van der Waals surface area contributed by atoms with E-state index in [1.54, 1.807) is 0 Å². The Labute approximate surface area is 286 Å². The van der Waals surface area contributed by atoms with Crippen molar-refractivity contribution in [2.24, 2.45) is 0 Å². The fourth-order valence-corrected chi connectivity index (χ4v) is 6.06. The largest absolute Gasteiger partial charge is 0.393 e. The third-order valence-electron chi connectivity index (χ3n) is 9.03. The Kier molecular flexibility index (Phi) is 30.8. The van der Waals surface area contributed by atoms with Crippen LogP contribution in [0, 0.1) is 0 Å². The van der Waals surface area contributed by atoms with Gasteiger partial charge in [-0.15, -0.1) is 0 Å². The molecule has 4 atom stereocenters. The van der Waals surface area contributed by atoms with Crippen molar-refractivity contribution in [3.63, 3.8) is 0 Å². The molecule has 0 bridgehead atoms. The summed E-state index contributed by atoms with van der Waals surface area (Å²) < 4.78 is 0. The molecular weight excluding hydrogens is 596 g/mol. The van der Waals surface area contributed by atoms with Crippen LogP contribution in [0.25, 0.3) is 0 Å². The Morgan fingerprint density at radius 2 is 0.553 bits per heavy atom. The van der Waals surface area contributed by atoms with Gasteiger partial charge >= 0.3 is 0 Å². The van der Waals surface area contributed by atoms with Gasteiger partial charge in [-0.3, -0.25) is 19.2 Å². The Hall–Kier alpha value is -1.48. The maximum atomic E-state index is 12.2. The topological polar surface area (TPSA) is 149 Å². The van der Waals surface area contributed by atoms with Gasteiger partial charge < -0.3 is 20.4 Å². The average molecular weight is 669 g/mol.